The Balaban J connectivity index is 1.69. The normalized spacial score (nSPS) is 11.3. The van der Waals surface area contributed by atoms with Crippen LogP contribution in [0.5, 0.6) is 0 Å². The van der Waals surface area contributed by atoms with Gasteiger partial charge in [0.15, 0.2) is 18.9 Å². The molecule has 0 amide bonds. The number of unbranched alkanes of at least 4 members (excludes halogenated alkanes) is 20. The number of pyridine rings is 1. The van der Waals surface area contributed by atoms with Crippen LogP contribution < -0.4 is 4.57 Å². The molecule has 220 valence electrons. The first-order valence-electron chi connectivity index (χ1n) is 17.4. The number of nitrogens with zero attached hydrogens (tertiary/aromatic N) is 1. The molecule has 2 rings (SSSR count). The van der Waals surface area contributed by atoms with Crippen molar-refractivity contribution in [1.82, 2.24) is 0 Å². The van der Waals surface area contributed by atoms with Crippen LogP contribution in [0.3, 0.4) is 0 Å². The first-order valence-corrected chi connectivity index (χ1v) is 17.4. The number of aryl methyl sites for hydroxylation is 2. The summed E-state index contributed by atoms with van der Waals surface area (Å²) in [5.74, 6) is 0. The van der Waals surface area contributed by atoms with E-state index in [-0.39, 0.29) is 0 Å². The molecule has 0 saturated carbocycles. The maximum atomic E-state index is 2.52. The molecule has 1 aromatic heterocycles. The zero-order valence-corrected chi connectivity index (χ0v) is 26.2. The van der Waals surface area contributed by atoms with Gasteiger partial charge >= 0.3 is 0 Å². The van der Waals surface area contributed by atoms with Crippen LogP contribution in [0.15, 0.2) is 48.8 Å². The zero-order valence-electron chi connectivity index (χ0n) is 26.2. The second kappa shape index (κ2) is 24.2. The van der Waals surface area contributed by atoms with E-state index in [1.807, 2.05) is 0 Å². The SMILES string of the molecule is CCCCCCCCCCCCCc1cc(CCCCCCCCCCCCC)c[n+](Cc2ccccc2)c1. The van der Waals surface area contributed by atoms with E-state index < -0.39 is 0 Å². The van der Waals surface area contributed by atoms with Crippen molar-refractivity contribution in [3.8, 4) is 0 Å². The fourth-order valence-corrected chi connectivity index (χ4v) is 5.92. The molecule has 1 heterocycles. The van der Waals surface area contributed by atoms with Crippen LogP contribution in [0.2, 0.25) is 0 Å². The number of aromatic nitrogens is 1. The van der Waals surface area contributed by atoms with E-state index in [2.05, 4.69) is 67.2 Å². The van der Waals surface area contributed by atoms with Crippen molar-refractivity contribution in [3.63, 3.8) is 0 Å². The van der Waals surface area contributed by atoms with Crippen molar-refractivity contribution in [2.75, 3.05) is 0 Å². The molecule has 2 aromatic rings. The molecule has 39 heavy (non-hydrogen) atoms. The molecule has 0 saturated heterocycles. The third-order valence-electron chi connectivity index (χ3n) is 8.38. The number of hydrogen-bond donors (Lipinski definition) is 0. The van der Waals surface area contributed by atoms with Crippen molar-refractivity contribution in [2.45, 2.75) is 174 Å². The van der Waals surface area contributed by atoms with Crippen molar-refractivity contribution in [1.29, 1.82) is 0 Å². The highest BCUT2D eigenvalue weighted by Crippen LogP contribution is 2.16. The van der Waals surface area contributed by atoms with Crippen LogP contribution in [-0.2, 0) is 19.4 Å². The Hall–Kier alpha value is -1.63. The van der Waals surface area contributed by atoms with Gasteiger partial charge in [0.1, 0.15) is 0 Å². The maximum absolute atomic E-state index is 2.52. The molecule has 1 aromatic carbocycles. The average molecular weight is 535 g/mol. The molecule has 0 atom stereocenters. The Morgan fingerprint density at radius 3 is 1.15 bits per heavy atom. The summed E-state index contributed by atoms with van der Waals surface area (Å²) >= 11 is 0. The fourth-order valence-electron chi connectivity index (χ4n) is 5.92. The molecule has 1 nitrogen and oxygen atoms in total. The lowest BCUT2D eigenvalue weighted by atomic mass is 10.0. The third-order valence-corrected chi connectivity index (χ3v) is 8.38. The number of benzene rings is 1. The molecule has 0 aliphatic carbocycles. The van der Waals surface area contributed by atoms with Crippen molar-refractivity contribution < 1.29 is 4.57 Å². The van der Waals surface area contributed by atoms with Crippen LogP contribution in [0.25, 0.3) is 0 Å². The van der Waals surface area contributed by atoms with Gasteiger partial charge in [0.25, 0.3) is 0 Å². The molecular weight excluding hydrogens is 470 g/mol. The van der Waals surface area contributed by atoms with E-state index in [9.17, 15) is 0 Å². The van der Waals surface area contributed by atoms with Crippen molar-refractivity contribution in [3.05, 3.63) is 65.5 Å². The van der Waals surface area contributed by atoms with Crippen LogP contribution in [0.1, 0.15) is 172 Å². The van der Waals surface area contributed by atoms with Gasteiger partial charge in [0, 0.05) is 16.7 Å². The van der Waals surface area contributed by atoms with Gasteiger partial charge < -0.3 is 0 Å². The molecule has 0 aliphatic rings. The summed E-state index contributed by atoms with van der Waals surface area (Å²) in [4.78, 5) is 0. The summed E-state index contributed by atoms with van der Waals surface area (Å²) in [6.07, 6.45) is 38.5. The van der Waals surface area contributed by atoms with E-state index in [4.69, 9.17) is 0 Å². The largest absolute Gasteiger partial charge is 0.200 e. The lowest BCUT2D eigenvalue weighted by Gasteiger charge is -2.07. The third kappa shape index (κ3) is 18.4. The van der Waals surface area contributed by atoms with E-state index in [1.165, 1.54) is 160 Å². The second-order valence-corrected chi connectivity index (χ2v) is 12.3. The molecule has 1 heteroatoms. The summed E-state index contributed by atoms with van der Waals surface area (Å²) in [7, 11) is 0. The molecule has 0 spiro atoms. The smallest absolute Gasteiger partial charge is 0.173 e. The Labute approximate surface area is 244 Å². The van der Waals surface area contributed by atoms with Crippen LogP contribution in [0, 0.1) is 0 Å². The van der Waals surface area contributed by atoms with Gasteiger partial charge in [0.05, 0.1) is 0 Å². The van der Waals surface area contributed by atoms with Crippen molar-refractivity contribution in [2.24, 2.45) is 0 Å². The highest BCUT2D eigenvalue weighted by Gasteiger charge is 2.09. The monoisotopic (exact) mass is 535 g/mol. The first-order chi connectivity index (χ1) is 19.3. The average Bonchev–Trinajstić information content (AvgIpc) is 2.95. The molecular formula is C38H64N+. The topological polar surface area (TPSA) is 3.88 Å². The summed E-state index contributed by atoms with van der Waals surface area (Å²) < 4.78 is 2.46. The summed E-state index contributed by atoms with van der Waals surface area (Å²) in [6.45, 7) is 5.59. The Morgan fingerprint density at radius 2 is 0.769 bits per heavy atom. The molecule has 0 radical (unpaired) electrons. The highest BCUT2D eigenvalue weighted by molar-refractivity contribution is 5.17. The van der Waals surface area contributed by atoms with Gasteiger partial charge in [-0.05, 0) is 31.7 Å². The second-order valence-electron chi connectivity index (χ2n) is 12.3. The van der Waals surface area contributed by atoms with Gasteiger partial charge in [0.2, 0.25) is 0 Å². The minimum atomic E-state index is 0.984. The van der Waals surface area contributed by atoms with Crippen molar-refractivity contribution >= 4 is 0 Å². The molecule has 0 bridgehead atoms. The van der Waals surface area contributed by atoms with E-state index in [0.717, 1.165) is 6.54 Å². The molecule has 0 N–H and O–H groups in total. The zero-order chi connectivity index (χ0) is 27.6. The van der Waals surface area contributed by atoms with Gasteiger partial charge in [-0.1, -0.05) is 173 Å². The first kappa shape index (κ1) is 33.6. The van der Waals surface area contributed by atoms with E-state index in [0.29, 0.717) is 0 Å². The minimum Gasteiger partial charge on any atom is -0.200 e. The number of hydrogen-bond acceptors (Lipinski definition) is 0. The van der Waals surface area contributed by atoms with Gasteiger partial charge in [-0.2, -0.15) is 0 Å². The standard InChI is InChI=1S/C38H64N/c1-3-5-7-9-11-13-15-17-19-21-24-30-37-32-38(35-39(34-37)33-36-28-26-23-27-29-36)31-25-22-20-18-16-14-12-10-8-6-4-2/h23,26-29,32,34-35H,3-22,24-25,30-31,33H2,1-2H3/q+1. The van der Waals surface area contributed by atoms with E-state index in [1.54, 1.807) is 11.1 Å². The number of rotatable bonds is 26. The predicted molar refractivity (Wildman–Crippen MR) is 173 cm³/mol. The van der Waals surface area contributed by atoms with E-state index >= 15 is 0 Å². The summed E-state index contributed by atoms with van der Waals surface area (Å²) in [6, 6.07) is 13.5. The van der Waals surface area contributed by atoms with Gasteiger partial charge in [-0.3, -0.25) is 0 Å². The van der Waals surface area contributed by atoms with Gasteiger partial charge in [-0.15, -0.1) is 0 Å². The molecule has 0 aliphatic heterocycles. The van der Waals surface area contributed by atoms with Crippen LogP contribution in [-0.4, -0.2) is 0 Å². The quantitative estimate of drug-likeness (QED) is 0.0834. The Kier molecular flexibility index (Phi) is 20.8. The molecule has 0 fully saturated rings. The molecule has 0 unspecified atom stereocenters. The van der Waals surface area contributed by atoms with Crippen LogP contribution in [0.4, 0.5) is 0 Å². The Bertz CT molecular complexity index is 751. The summed E-state index contributed by atoms with van der Waals surface area (Å²) in [5.41, 5.74) is 4.49. The maximum Gasteiger partial charge on any atom is 0.173 e. The fraction of sp³-hybridized carbons (Fsp3) is 0.711. The lowest BCUT2D eigenvalue weighted by molar-refractivity contribution is -0.689. The minimum absolute atomic E-state index is 0.984. The van der Waals surface area contributed by atoms with Crippen LogP contribution >= 0.6 is 0 Å². The lowest BCUT2D eigenvalue weighted by Crippen LogP contribution is -2.35. The predicted octanol–water partition coefficient (Wildman–Crippen LogP) is 11.7. The van der Waals surface area contributed by atoms with Gasteiger partial charge in [-0.25, -0.2) is 4.57 Å². The Morgan fingerprint density at radius 1 is 0.410 bits per heavy atom. The summed E-state index contributed by atoms with van der Waals surface area (Å²) in [5, 5.41) is 0. The highest BCUT2D eigenvalue weighted by atomic mass is 14.9.